The molecule has 90 valence electrons. The quantitative estimate of drug-likeness (QED) is 0.813. The lowest BCUT2D eigenvalue weighted by Gasteiger charge is -2.21. The lowest BCUT2D eigenvalue weighted by molar-refractivity contribution is -0.119. The number of nitrogens with zero attached hydrogens (tertiary/aromatic N) is 1. The molecule has 0 fully saturated rings. The Morgan fingerprint density at radius 2 is 2.06 bits per heavy atom. The number of halogens is 1. The van der Waals surface area contributed by atoms with Crippen LogP contribution in [0.15, 0.2) is 22.8 Å². The third-order valence-electron chi connectivity index (χ3n) is 2.27. The van der Waals surface area contributed by atoms with E-state index in [1.807, 2.05) is 19.1 Å². The molecule has 16 heavy (non-hydrogen) atoms. The Labute approximate surface area is 104 Å². The fourth-order valence-corrected chi connectivity index (χ4v) is 1.61. The van der Waals surface area contributed by atoms with E-state index in [0.717, 1.165) is 10.2 Å². The van der Waals surface area contributed by atoms with E-state index >= 15 is 0 Å². The van der Waals surface area contributed by atoms with Crippen LogP contribution in [-0.4, -0.2) is 31.5 Å². The summed E-state index contributed by atoms with van der Waals surface area (Å²) in [5, 5.41) is 3.29. The number of pyridine rings is 1. The van der Waals surface area contributed by atoms with Gasteiger partial charge in [0, 0.05) is 31.4 Å². The first-order valence-corrected chi connectivity index (χ1v) is 5.86. The summed E-state index contributed by atoms with van der Waals surface area (Å²) in [6, 6.07) is 4.05. The molecule has 1 aromatic rings. The zero-order valence-electron chi connectivity index (χ0n) is 9.74. The lowest BCUT2D eigenvalue weighted by atomic mass is 10.3. The van der Waals surface area contributed by atoms with Gasteiger partial charge < -0.3 is 14.8 Å². The SMILES string of the molecule is COC(OC)C(C)NCc1ccc(Br)cn1. The summed E-state index contributed by atoms with van der Waals surface area (Å²) in [6.07, 6.45) is 1.54. The van der Waals surface area contributed by atoms with Gasteiger partial charge in [0.25, 0.3) is 0 Å². The summed E-state index contributed by atoms with van der Waals surface area (Å²) in [6.45, 7) is 2.70. The van der Waals surface area contributed by atoms with Crippen LogP contribution in [0.2, 0.25) is 0 Å². The van der Waals surface area contributed by atoms with E-state index in [-0.39, 0.29) is 12.3 Å². The summed E-state index contributed by atoms with van der Waals surface area (Å²) in [4.78, 5) is 4.27. The highest BCUT2D eigenvalue weighted by atomic mass is 79.9. The van der Waals surface area contributed by atoms with Crippen molar-refractivity contribution in [3.63, 3.8) is 0 Å². The van der Waals surface area contributed by atoms with E-state index < -0.39 is 0 Å². The van der Waals surface area contributed by atoms with E-state index in [4.69, 9.17) is 9.47 Å². The molecular weight excluding hydrogens is 272 g/mol. The minimum atomic E-state index is -0.240. The number of aromatic nitrogens is 1. The van der Waals surface area contributed by atoms with Crippen LogP contribution in [0.25, 0.3) is 0 Å². The van der Waals surface area contributed by atoms with Gasteiger partial charge in [0.2, 0.25) is 0 Å². The maximum absolute atomic E-state index is 5.16. The maximum Gasteiger partial charge on any atom is 0.171 e. The fourth-order valence-electron chi connectivity index (χ4n) is 1.38. The van der Waals surface area contributed by atoms with Crippen LogP contribution in [0, 0.1) is 0 Å². The Hall–Kier alpha value is -0.490. The largest absolute Gasteiger partial charge is 0.354 e. The van der Waals surface area contributed by atoms with Crippen LogP contribution < -0.4 is 5.32 Å². The highest BCUT2D eigenvalue weighted by Crippen LogP contribution is 2.07. The zero-order chi connectivity index (χ0) is 12.0. The Kier molecular flexibility index (Phi) is 5.90. The molecular formula is C11H17BrN2O2. The van der Waals surface area contributed by atoms with Crippen molar-refractivity contribution in [3.05, 3.63) is 28.5 Å². The van der Waals surface area contributed by atoms with Gasteiger partial charge in [0.05, 0.1) is 11.7 Å². The number of hydrogen-bond donors (Lipinski definition) is 1. The maximum atomic E-state index is 5.16. The molecule has 0 radical (unpaired) electrons. The molecule has 0 saturated carbocycles. The molecule has 1 atom stereocenters. The lowest BCUT2D eigenvalue weighted by Crippen LogP contribution is -2.39. The van der Waals surface area contributed by atoms with Crippen LogP contribution in [0.5, 0.6) is 0 Å². The molecule has 5 heteroatoms. The highest BCUT2D eigenvalue weighted by molar-refractivity contribution is 9.10. The van der Waals surface area contributed by atoms with Crippen molar-refractivity contribution in [2.45, 2.75) is 25.8 Å². The summed E-state index contributed by atoms with van der Waals surface area (Å²) < 4.78 is 11.3. The third-order valence-corrected chi connectivity index (χ3v) is 2.74. The van der Waals surface area contributed by atoms with Crippen molar-refractivity contribution in [1.29, 1.82) is 0 Å². The zero-order valence-corrected chi connectivity index (χ0v) is 11.3. The molecule has 0 aliphatic rings. The minimum Gasteiger partial charge on any atom is -0.354 e. The van der Waals surface area contributed by atoms with E-state index in [1.54, 1.807) is 20.4 Å². The van der Waals surface area contributed by atoms with Crippen LogP contribution in [0.3, 0.4) is 0 Å². The smallest absolute Gasteiger partial charge is 0.171 e. The normalized spacial score (nSPS) is 13.1. The molecule has 1 rings (SSSR count). The molecule has 0 spiro atoms. The van der Waals surface area contributed by atoms with Crippen molar-refractivity contribution < 1.29 is 9.47 Å². The van der Waals surface area contributed by atoms with Crippen LogP contribution in [-0.2, 0) is 16.0 Å². The Balaban J connectivity index is 2.42. The van der Waals surface area contributed by atoms with E-state index in [9.17, 15) is 0 Å². The summed E-state index contributed by atoms with van der Waals surface area (Å²) in [5.74, 6) is 0. The van der Waals surface area contributed by atoms with E-state index in [0.29, 0.717) is 6.54 Å². The predicted molar refractivity (Wildman–Crippen MR) is 66.0 cm³/mol. The van der Waals surface area contributed by atoms with Gasteiger partial charge in [-0.15, -0.1) is 0 Å². The Bertz CT molecular complexity index is 301. The van der Waals surface area contributed by atoms with Gasteiger partial charge in [-0.3, -0.25) is 4.98 Å². The average Bonchev–Trinajstić information content (AvgIpc) is 2.30. The molecule has 0 aliphatic carbocycles. The molecule has 0 saturated heterocycles. The number of methoxy groups -OCH3 is 2. The fraction of sp³-hybridized carbons (Fsp3) is 0.545. The summed E-state index contributed by atoms with van der Waals surface area (Å²) >= 11 is 3.35. The van der Waals surface area contributed by atoms with Crippen molar-refractivity contribution in [2.24, 2.45) is 0 Å². The molecule has 4 nitrogen and oxygen atoms in total. The Morgan fingerprint density at radius 1 is 1.38 bits per heavy atom. The average molecular weight is 289 g/mol. The van der Waals surface area contributed by atoms with E-state index in [2.05, 4.69) is 26.2 Å². The first-order chi connectivity index (χ1) is 7.67. The molecule has 1 unspecified atom stereocenters. The minimum absolute atomic E-state index is 0.112. The van der Waals surface area contributed by atoms with Gasteiger partial charge in [0.15, 0.2) is 6.29 Å². The van der Waals surface area contributed by atoms with Gasteiger partial charge in [-0.2, -0.15) is 0 Å². The topological polar surface area (TPSA) is 43.4 Å². The molecule has 1 heterocycles. The van der Waals surface area contributed by atoms with Crippen molar-refractivity contribution in [1.82, 2.24) is 10.3 Å². The standard InChI is InChI=1S/C11H17BrN2O2/c1-8(11(15-2)16-3)13-7-10-5-4-9(12)6-14-10/h4-6,8,11,13H,7H2,1-3H3. The molecule has 1 N–H and O–H groups in total. The second kappa shape index (κ2) is 6.96. The van der Waals surface area contributed by atoms with Crippen LogP contribution in [0.4, 0.5) is 0 Å². The predicted octanol–water partition coefficient (Wildman–Crippen LogP) is 1.94. The molecule has 0 aliphatic heterocycles. The van der Waals surface area contributed by atoms with Gasteiger partial charge in [-0.25, -0.2) is 0 Å². The number of rotatable bonds is 6. The molecule has 1 aromatic heterocycles. The van der Waals surface area contributed by atoms with Gasteiger partial charge in [-0.1, -0.05) is 0 Å². The third kappa shape index (κ3) is 4.17. The molecule has 0 amide bonds. The first kappa shape index (κ1) is 13.6. The second-order valence-electron chi connectivity index (χ2n) is 3.48. The van der Waals surface area contributed by atoms with Gasteiger partial charge in [0.1, 0.15) is 0 Å². The van der Waals surface area contributed by atoms with Crippen LogP contribution >= 0.6 is 15.9 Å². The second-order valence-corrected chi connectivity index (χ2v) is 4.39. The van der Waals surface area contributed by atoms with Crippen LogP contribution in [0.1, 0.15) is 12.6 Å². The van der Waals surface area contributed by atoms with Crippen molar-refractivity contribution in [2.75, 3.05) is 14.2 Å². The number of nitrogens with one attached hydrogen (secondary N) is 1. The molecule has 0 bridgehead atoms. The van der Waals surface area contributed by atoms with Gasteiger partial charge in [-0.05, 0) is 35.0 Å². The van der Waals surface area contributed by atoms with Crippen molar-refractivity contribution in [3.8, 4) is 0 Å². The van der Waals surface area contributed by atoms with Crippen molar-refractivity contribution >= 4 is 15.9 Å². The Morgan fingerprint density at radius 3 is 2.56 bits per heavy atom. The first-order valence-electron chi connectivity index (χ1n) is 5.06. The monoisotopic (exact) mass is 288 g/mol. The highest BCUT2D eigenvalue weighted by Gasteiger charge is 2.14. The summed E-state index contributed by atoms with van der Waals surface area (Å²) in [7, 11) is 3.26. The summed E-state index contributed by atoms with van der Waals surface area (Å²) in [5.41, 5.74) is 0.987. The number of ether oxygens (including phenoxy) is 2. The van der Waals surface area contributed by atoms with E-state index in [1.165, 1.54) is 0 Å². The molecule has 0 aromatic carbocycles. The van der Waals surface area contributed by atoms with Gasteiger partial charge >= 0.3 is 0 Å². The number of hydrogen-bond acceptors (Lipinski definition) is 4.